The van der Waals surface area contributed by atoms with Crippen LogP contribution in [-0.4, -0.2) is 22.9 Å². The molecule has 0 saturated heterocycles. The van der Waals surface area contributed by atoms with Gasteiger partial charge in [-0.3, -0.25) is 4.79 Å². The molecule has 0 atom stereocenters. The van der Waals surface area contributed by atoms with Crippen molar-refractivity contribution >= 4 is 5.91 Å². The molecule has 0 aliphatic carbocycles. The first-order chi connectivity index (χ1) is 12.2. The van der Waals surface area contributed by atoms with Gasteiger partial charge < -0.3 is 19.2 Å². The summed E-state index contributed by atoms with van der Waals surface area (Å²) in [6.45, 7) is 2.29. The maximum Gasteiger partial charge on any atom is 0.251 e. The van der Waals surface area contributed by atoms with Crippen LogP contribution in [-0.2, 0) is 6.54 Å². The molecule has 25 heavy (non-hydrogen) atoms. The fourth-order valence-electron chi connectivity index (χ4n) is 2.54. The standard InChI is InChI=1S/C18H15N3O4/c1-11-4-2-3-5-13(11)18-21-20-16(25-18)9-19-17(22)12-6-7-14-15(8-12)24-10-23-14/h2-8H,9-10H2,1H3,(H,19,22). The summed E-state index contributed by atoms with van der Waals surface area (Å²) in [5.41, 5.74) is 2.40. The molecule has 1 aliphatic heterocycles. The lowest BCUT2D eigenvalue weighted by molar-refractivity contribution is 0.0947. The monoisotopic (exact) mass is 337 g/mol. The van der Waals surface area contributed by atoms with E-state index in [1.165, 1.54) is 0 Å². The van der Waals surface area contributed by atoms with E-state index >= 15 is 0 Å². The predicted octanol–water partition coefficient (Wildman–Crippen LogP) is 2.70. The maximum absolute atomic E-state index is 12.3. The highest BCUT2D eigenvalue weighted by molar-refractivity contribution is 5.94. The first-order valence-electron chi connectivity index (χ1n) is 7.77. The predicted molar refractivity (Wildman–Crippen MR) is 88.2 cm³/mol. The summed E-state index contributed by atoms with van der Waals surface area (Å²) in [6.07, 6.45) is 0. The number of ether oxygens (including phenoxy) is 2. The normalized spacial score (nSPS) is 12.2. The van der Waals surface area contributed by atoms with Crippen LogP contribution < -0.4 is 14.8 Å². The van der Waals surface area contributed by atoms with Crippen molar-refractivity contribution in [2.45, 2.75) is 13.5 Å². The average molecular weight is 337 g/mol. The number of fused-ring (bicyclic) bond motifs is 1. The van der Waals surface area contributed by atoms with Crippen LogP contribution in [0.25, 0.3) is 11.5 Å². The van der Waals surface area contributed by atoms with Crippen LogP contribution in [0, 0.1) is 6.92 Å². The van der Waals surface area contributed by atoms with Gasteiger partial charge >= 0.3 is 0 Å². The van der Waals surface area contributed by atoms with E-state index < -0.39 is 0 Å². The minimum Gasteiger partial charge on any atom is -0.454 e. The van der Waals surface area contributed by atoms with Gasteiger partial charge in [-0.15, -0.1) is 10.2 Å². The van der Waals surface area contributed by atoms with Crippen LogP contribution in [0.4, 0.5) is 0 Å². The van der Waals surface area contributed by atoms with E-state index in [-0.39, 0.29) is 19.2 Å². The third-order valence-electron chi connectivity index (χ3n) is 3.88. The molecule has 0 unspecified atom stereocenters. The van der Waals surface area contributed by atoms with E-state index in [1.54, 1.807) is 18.2 Å². The summed E-state index contributed by atoms with van der Waals surface area (Å²) < 4.78 is 16.1. The molecule has 1 aliphatic rings. The molecular weight excluding hydrogens is 322 g/mol. The van der Waals surface area contributed by atoms with Crippen molar-refractivity contribution in [2.75, 3.05) is 6.79 Å². The highest BCUT2D eigenvalue weighted by atomic mass is 16.7. The van der Waals surface area contributed by atoms with Gasteiger partial charge in [-0.25, -0.2) is 0 Å². The van der Waals surface area contributed by atoms with E-state index in [1.807, 2.05) is 31.2 Å². The first-order valence-corrected chi connectivity index (χ1v) is 7.77. The third-order valence-corrected chi connectivity index (χ3v) is 3.88. The number of aromatic nitrogens is 2. The summed E-state index contributed by atoms with van der Waals surface area (Å²) in [5, 5.41) is 10.8. The number of benzene rings is 2. The molecule has 0 saturated carbocycles. The number of hydrogen-bond donors (Lipinski definition) is 1. The molecule has 7 heteroatoms. The van der Waals surface area contributed by atoms with E-state index in [0.29, 0.717) is 28.8 Å². The summed E-state index contributed by atoms with van der Waals surface area (Å²) in [7, 11) is 0. The Kier molecular flexibility index (Phi) is 3.81. The molecule has 0 spiro atoms. The Morgan fingerprint density at radius 3 is 2.84 bits per heavy atom. The number of hydrogen-bond acceptors (Lipinski definition) is 6. The second-order valence-corrected chi connectivity index (χ2v) is 5.57. The van der Waals surface area contributed by atoms with Gasteiger partial charge in [0.25, 0.3) is 5.91 Å². The highest BCUT2D eigenvalue weighted by Crippen LogP contribution is 2.32. The van der Waals surface area contributed by atoms with Crippen molar-refractivity contribution in [3.05, 3.63) is 59.5 Å². The smallest absolute Gasteiger partial charge is 0.251 e. The van der Waals surface area contributed by atoms with Crippen LogP contribution in [0.1, 0.15) is 21.8 Å². The molecular formula is C18H15N3O4. The summed E-state index contributed by atoms with van der Waals surface area (Å²) >= 11 is 0. The van der Waals surface area contributed by atoms with Crippen molar-refractivity contribution in [1.29, 1.82) is 0 Å². The van der Waals surface area contributed by atoms with Crippen molar-refractivity contribution in [1.82, 2.24) is 15.5 Å². The highest BCUT2D eigenvalue weighted by Gasteiger charge is 2.17. The Hall–Kier alpha value is -3.35. The fraction of sp³-hybridized carbons (Fsp3) is 0.167. The Labute approximate surface area is 143 Å². The lowest BCUT2D eigenvalue weighted by atomic mass is 10.1. The summed E-state index contributed by atoms with van der Waals surface area (Å²) in [5.74, 6) is 1.72. The number of carbonyl (C=O) groups is 1. The number of rotatable bonds is 4. The SMILES string of the molecule is Cc1ccccc1-c1nnc(CNC(=O)c2ccc3c(c2)OCO3)o1. The molecule has 2 heterocycles. The lowest BCUT2D eigenvalue weighted by Gasteiger charge is -2.04. The lowest BCUT2D eigenvalue weighted by Crippen LogP contribution is -2.22. The fourth-order valence-corrected chi connectivity index (χ4v) is 2.54. The molecule has 1 amide bonds. The molecule has 7 nitrogen and oxygen atoms in total. The van der Waals surface area contributed by atoms with Crippen LogP contribution in [0.3, 0.4) is 0 Å². The van der Waals surface area contributed by atoms with Crippen molar-refractivity contribution in [3.8, 4) is 23.0 Å². The minimum atomic E-state index is -0.256. The number of nitrogens with one attached hydrogen (secondary N) is 1. The number of nitrogens with zero attached hydrogens (tertiary/aromatic N) is 2. The van der Waals surface area contributed by atoms with Gasteiger partial charge in [0.2, 0.25) is 18.6 Å². The molecule has 0 fully saturated rings. The molecule has 1 N–H and O–H groups in total. The third kappa shape index (κ3) is 3.03. The molecule has 1 aromatic heterocycles. The zero-order valence-electron chi connectivity index (χ0n) is 13.5. The van der Waals surface area contributed by atoms with E-state index in [9.17, 15) is 4.79 Å². The molecule has 0 radical (unpaired) electrons. The van der Waals surface area contributed by atoms with Crippen molar-refractivity contribution < 1.29 is 18.7 Å². The van der Waals surface area contributed by atoms with Gasteiger partial charge in [-0.05, 0) is 36.8 Å². The Morgan fingerprint density at radius 1 is 1.12 bits per heavy atom. The van der Waals surface area contributed by atoms with Crippen LogP contribution in [0.2, 0.25) is 0 Å². The molecule has 3 aromatic rings. The summed E-state index contributed by atoms with van der Waals surface area (Å²) in [4.78, 5) is 12.3. The van der Waals surface area contributed by atoms with E-state index in [2.05, 4.69) is 15.5 Å². The van der Waals surface area contributed by atoms with Gasteiger partial charge in [0.05, 0.1) is 6.54 Å². The van der Waals surface area contributed by atoms with Crippen LogP contribution >= 0.6 is 0 Å². The second kappa shape index (κ2) is 6.27. The number of amides is 1. The molecule has 4 rings (SSSR count). The largest absolute Gasteiger partial charge is 0.454 e. The van der Waals surface area contributed by atoms with Gasteiger partial charge in [0, 0.05) is 11.1 Å². The maximum atomic E-state index is 12.3. The average Bonchev–Trinajstić information content (AvgIpc) is 3.28. The summed E-state index contributed by atoms with van der Waals surface area (Å²) in [6, 6.07) is 12.8. The van der Waals surface area contributed by atoms with Gasteiger partial charge in [0.15, 0.2) is 11.5 Å². The molecule has 0 bridgehead atoms. The molecule has 126 valence electrons. The first kappa shape index (κ1) is 15.2. The topological polar surface area (TPSA) is 86.5 Å². The van der Waals surface area contributed by atoms with Crippen molar-refractivity contribution in [2.24, 2.45) is 0 Å². The minimum absolute atomic E-state index is 0.145. The Morgan fingerprint density at radius 2 is 1.96 bits per heavy atom. The Balaban J connectivity index is 1.43. The van der Waals surface area contributed by atoms with Gasteiger partial charge in [0.1, 0.15) is 0 Å². The quantitative estimate of drug-likeness (QED) is 0.788. The van der Waals surface area contributed by atoms with E-state index in [0.717, 1.165) is 11.1 Å². The number of carbonyl (C=O) groups excluding carboxylic acids is 1. The Bertz CT molecular complexity index is 936. The van der Waals surface area contributed by atoms with Gasteiger partial charge in [-0.1, -0.05) is 18.2 Å². The second-order valence-electron chi connectivity index (χ2n) is 5.57. The van der Waals surface area contributed by atoms with Crippen LogP contribution in [0.5, 0.6) is 11.5 Å². The zero-order chi connectivity index (χ0) is 17.2. The van der Waals surface area contributed by atoms with Crippen molar-refractivity contribution in [3.63, 3.8) is 0 Å². The van der Waals surface area contributed by atoms with Crippen LogP contribution in [0.15, 0.2) is 46.9 Å². The van der Waals surface area contributed by atoms with E-state index in [4.69, 9.17) is 13.9 Å². The number of aryl methyl sites for hydroxylation is 1. The molecule has 2 aromatic carbocycles. The van der Waals surface area contributed by atoms with Gasteiger partial charge in [-0.2, -0.15) is 0 Å². The zero-order valence-corrected chi connectivity index (χ0v) is 13.5.